The fourth-order valence-corrected chi connectivity index (χ4v) is 4.05. The largest absolute Gasteiger partial charge is 0.467 e. The van der Waals surface area contributed by atoms with Crippen molar-refractivity contribution in [3.05, 3.63) is 100 Å². The standard InChI is InChI=1S/C25H19N5O2/c1-16-8-10-17(11-9-16)13-29-15-26-23-21(25(29)31)22-24(30(23)14-18-5-4-12-32-18)28-20-7-3-2-6-19(20)27-22/h2-12,15H,13-14H2,1H3. The van der Waals surface area contributed by atoms with E-state index in [1.165, 1.54) is 5.56 Å². The average molecular weight is 421 g/mol. The molecule has 0 aliphatic carbocycles. The lowest BCUT2D eigenvalue weighted by Crippen LogP contribution is -2.21. The number of rotatable bonds is 4. The minimum absolute atomic E-state index is 0.136. The molecule has 156 valence electrons. The van der Waals surface area contributed by atoms with Crippen LogP contribution in [-0.2, 0) is 13.1 Å². The molecule has 0 N–H and O–H groups in total. The number of benzene rings is 2. The second-order valence-corrected chi connectivity index (χ2v) is 7.91. The molecule has 2 aromatic carbocycles. The zero-order chi connectivity index (χ0) is 21.7. The van der Waals surface area contributed by atoms with Crippen LogP contribution in [0.2, 0.25) is 0 Å². The molecular weight excluding hydrogens is 402 g/mol. The zero-order valence-electron chi connectivity index (χ0n) is 17.4. The number of aromatic nitrogens is 5. The molecule has 0 atom stereocenters. The first-order chi connectivity index (χ1) is 15.7. The molecule has 0 aliphatic heterocycles. The molecule has 0 saturated carbocycles. The third-order valence-electron chi connectivity index (χ3n) is 5.69. The van der Waals surface area contributed by atoms with Crippen LogP contribution in [0.1, 0.15) is 16.9 Å². The Morgan fingerprint density at radius 2 is 1.66 bits per heavy atom. The van der Waals surface area contributed by atoms with Crippen molar-refractivity contribution in [3.63, 3.8) is 0 Å². The summed E-state index contributed by atoms with van der Waals surface area (Å²) in [4.78, 5) is 27.9. The van der Waals surface area contributed by atoms with E-state index in [-0.39, 0.29) is 5.56 Å². The number of nitrogens with zero attached hydrogens (tertiary/aromatic N) is 5. The van der Waals surface area contributed by atoms with Crippen molar-refractivity contribution in [1.82, 2.24) is 24.1 Å². The number of aryl methyl sites for hydroxylation is 1. The molecule has 32 heavy (non-hydrogen) atoms. The van der Waals surface area contributed by atoms with Gasteiger partial charge in [-0.05, 0) is 36.8 Å². The van der Waals surface area contributed by atoms with Gasteiger partial charge < -0.3 is 8.98 Å². The highest BCUT2D eigenvalue weighted by Crippen LogP contribution is 2.26. The van der Waals surface area contributed by atoms with Crippen LogP contribution in [0.4, 0.5) is 0 Å². The summed E-state index contributed by atoms with van der Waals surface area (Å²) in [5.74, 6) is 0.754. The summed E-state index contributed by atoms with van der Waals surface area (Å²) >= 11 is 0. The van der Waals surface area contributed by atoms with Gasteiger partial charge in [0, 0.05) is 0 Å². The van der Waals surface area contributed by atoms with Crippen LogP contribution in [-0.4, -0.2) is 24.1 Å². The summed E-state index contributed by atoms with van der Waals surface area (Å²) in [6, 6.07) is 19.5. The molecule has 4 aromatic heterocycles. The smallest absolute Gasteiger partial charge is 0.265 e. The highest BCUT2D eigenvalue weighted by atomic mass is 16.3. The first-order valence-corrected chi connectivity index (χ1v) is 10.4. The highest BCUT2D eigenvalue weighted by molar-refractivity contribution is 6.04. The molecule has 0 fully saturated rings. The summed E-state index contributed by atoms with van der Waals surface area (Å²) in [6.45, 7) is 2.89. The maximum atomic E-state index is 13.6. The van der Waals surface area contributed by atoms with Crippen molar-refractivity contribution in [2.45, 2.75) is 20.0 Å². The van der Waals surface area contributed by atoms with Crippen LogP contribution in [0.3, 0.4) is 0 Å². The van der Waals surface area contributed by atoms with Crippen molar-refractivity contribution >= 4 is 33.2 Å². The Kier molecular flexibility index (Phi) is 4.14. The monoisotopic (exact) mass is 421 g/mol. The lowest BCUT2D eigenvalue weighted by atomic mass is 10.1. The summed E-state index contributed by atoms with van der Waals surface area (Å²) < 4.78 is 9.08. The molecule has 0 bridgehead atoms. The van der Waals surface area contributed by atoms with E-state index in [0.29, 0.717) is 35.3 Å². The third kappa shape index (κ3) is 2.98. The van der Waals surface area contributed by atoms with Gasteiger partial charge in [0.05, 0.1) is 30.4 Å². The van der Waals surface area contributed by atoms with Gasteiger partial charge in [-0.2, -0.15) is 0 Å². The Bertz CT molecular complexity index is 1640. The molecule has 0 amide bonds. The number of hydrogen-bond donors (Lipinski definition) is 0. The van der Waals surface area contributed by atoms with Crippen molar-refractivity contribution < 1.29 is 4.42 Å². The Hall–Kier alpha value is -4.26. The van der Waals surface area contributed by atoms with Crippen LogP contribution in [0.15, 0.2) is 82.5 Å². The van der Waals surface area contributed by atoms with Crippen LogP contribution < -0.4 is 5.56 Å². The Morgan fingerprint density at radius 3 is 2.41 bits per heavy atom. The highest BCUT2D eigenvalue weighted by Gasteiger charge is 2.20. The van der Waals surface area contributed by atoms with Crippen molar-refractivity contribution in [1.29, 1.82) is 0 Å². The number of para-hydroxylation sites is 2. The van der Waals surface area contributed by atoms with Crippen LogP contribution in [0, 0.1) is 6.92 Å². The molecule has 0 aliphatic rings. The van der Waals surface area contributed by atoms with Crippen molar-refractivity contribution in [3.8, 4) is 0 Å². The summed E-state index contributed by atoms with van der Waals surface area (Å²) in [7, 11) is 0. The van der Waals surface area contributed by atoms with E-state index < -0.39 is 0 Å². The average Bonchev–Trinajstić information content (AvgIpc) is 3.43. The van der Waals surface area contributed by atoms with Gasteiger partial charge in [0.1, 0.15) is 23.0 Å². The van der Waals surface area contributed by atoms with E-state index in [4.69, 9.17) is 14.4 Å². The van der Waals surface area contributed by atoms with Gasteiger partial charge in [0.2, 0.25) is 0 Å². The minimum atomic E-state index is -0.136. The Morgan fingerprint density at radius 1 is 0.875 bits per heavy atom. The van der Waals surface area contributed by atoms with E-state index in [1.807, 2.05) is 72.2 Å². The molecule has 0 spiro atoms. The Balaban J connectivity index is 1.61. The van der Waals surface area contributed by atoms with Crippen LogP contribution >= 0.6 is 0 Å². The first kappa shape index (κ1) is 18.5. The van der Waals surface area contributed by atoms with Gasteiger partial charge in [0.15, 0.2) is 11.3 Å². The summed E-state index contributed by atoms with van der Waals surface area (Å²) in [5, 5.41) is 0.472. The van der Waals surface area contributed by atoms with Gasteiger partial charge in [-0.1, -0.05) is 42.0 Å². The van der Waals surface area contributed by atoms with E-state index in [9.17, 15) is 4.79 Å². The topological polar surface area (TPSA) is 78.7 Å². The lowest BCUT2D eigenvalue weighted by molar-refractivity contribution is 0.498. The summed E-state index contributed by atoms with van der Waals surface area (Å²) in [6.07, 6.45) is 3.23. The molecule has 7 nitrogen and oxygen atoms in total. The molecular formula is C25H19N5O2. The summed E-state index contributed by atoms with van der Waals surface area (Å²) in [5.41, 5.74) is 5.32. The number of hydrogen-bond acceptors (Lipinski definition) is 5. The fraction of sp³-hybridized carbons (Fsp3) is 0.120. The van der Waals surface area contributed by atoms with E-state index in [0.717, 1.165) is 22.4 Å². The maximum Gasteiger partial charge on any atom is 0.265 e. The predicted octanol–water partition coefficient (Wildman–Crippen LogP) is 4.29. The van der Waals surface area contributed by atoms with E-state index >= 15 is 0 Å². The van der Waals surface area contributed by atoms with E-state index in [1.54, 1.807) is 17.2 Å². The second-order valence-electron chi connectivity index (χ2n) is 7.91. The molecule has 0 unspecified atom stereocenters. The number of furan rings is 1. The Labute approximate surface area is 182 Å². The molecule has 6 aromatic rings. The fourth-order valence-electron chi connectivity index (χ4n) is 4.05. The van der Waals surface area contributed by atoms with Gasteiger partial charge in [-0.3, -0.25) is 9.36 Å². The predicted molar refractivity (Wildman–Crippen MR) is 123 cm³/mol. The first-order valence-electron chi connectivity index (χ1n) is 10.4. The zero-order valence-corrected chi connectivity index (χ0v) is 17.4. The number of fused-ring (bicyclic) bond motifs is 4. The van der Waals surface area contributed by atoms with Crippen molar-refractivity contribution in [2.24, 2.45) is 0 Å². The normalized spacial score (nSPS) is 11.7. The SMILES string of the molecule is Cc1ccc(Cn2cnc3c(c2=O)c2nc4ccccc4nc2n3Cc2ccco2)cc1. The molecule has 0 radical (unpaired) electrons. The van der Waals surface area contributed by atoms with Gasteiger partial charge in [0.25, 0.3) is 5.56 Å². The van der Waals surface area contributed by atoms with Crippen molar-refractivity contribution in [2.75, 3.05) is 0 Å². The van der Waals surface area contributed by atoms with Gasteiger partial charge in [-0.15, -0.1) is 0 Å². The van der Waals surface area contributed by atoms with Crippen LogP contribution in [0.5, 0.6) is 0 Å². The molecule has 7 heteroatoms. The second kappa shape index (κ2) is 7.16. The van der Waals surface area contributed by atoms with Gasteiger partial charge >= 0.3 is 0 Å². The van der Waals surface area contributed by atoms with Crippen LogP contribution in [0.25, 0.3) is 33.2 Å². The minimum Gasteiger partial charge on any atom is -0.467 e. The molecule has 6 rings (SSSR count). The lowest BCUT2D eigenvalue weighted by Gasteiger charge is -2.07. The van der Waals surface area contributed by atoms with E-state index in [2.05, 4.69) is 4.98 Å². The third-order valence-corrected chi connectivity index (χ3v) is 5.69. The quantitative estimate of drug-likeness (QED) is 0.424. The molecule has 0 saturated heterocycles. The maximum absolute atomic E-state index is 13.6. The molecule has 4 heterocycles. The van der Waals surface area contributed by atoms with Gasteiger partial charge in [-0.25, -0.2) is 15.0 Å².